The Morgan fingerprint density at radius 1 is 1.00 bits per heavy atom. The standard InChI is InChI=1S/C24H33N3O6S/c1-23(2,3)11-17(28)12-27(14-21(30)33-24(4,5)6)13-20(29)25-16-8-7-15-9-19(22(31)26-32)34-18(15)10-16/h7-10,32H,11-14H2,1-6H3,(H,25,29)(H,26,31). The van der Waals surface area contributed by atoms with Crippen LogP contribution >= 0.6 is 11.3 Å². The summed E-state index contributed by atoms with van der Waals surface area (Å²) in [4.78, 5) is 51.1. The minimum atomic E-state index is -0.678. The second kappa shape index (κ2) is 11.1. The number of esters is 1. The molecule has 0 aliphatic rings. The number of nitrogens with one attached hydrogen (secondary N) is 2. The lowest BCUT2D eigenvalue weighted by Crippen LogP contribution is -2.42. The second-order valence-electron chi connectivity index (χ2n) is 10.4. The molecule has 2 amide bonds. The van der Waals surface area contributed by atoms with Crippen LogP contribution in [0, 0.1) is 5.41 Å². The molecule has 34 heavy (non-hydrogen) atoms. The van der Waals surface area contributed by atoms with Gasteiger partial charge in [-0.15, -0.1) is 11.3 Å². The summed E-state index contributed by atoms with van der Waals surface area (Å²) in [6.07, 6.45) is 0.318. The van der Waals surface area contributed by atoms with Crippen LogP contribution < -0.4 is 10.8 Å². The number of rotatable bonds is 9. The maximum absolute atomic E-state index is 12.7. The van der Waals surface area contributed by atoms with E-state index in [9.17, 15) is 19.2 Å². The first-order chi connectivity index (χ1) is 15.6. The van der Waals surface area contributed by atoms with E-state index in [0.717, 1.165) is 10.1 Å². The summed E-state index contributed by atoms with van der Waals surface area (Å²) >= 11 is 1.17. The third-order valence-corrected chi connectivity index (χ3v) is 5.49. The highest BCUT2D eigenvalue weighted by atomic mass is 32.1. The van der Waals surface area contributed by atoms with Gasteiger partial charge >= 0.3 is 5.97 Å². The number of benzene rings is 1. The molecular weight excluding hydrogens is 458 g/mol. The zero-order valence-corrected chi connectivity index (χ0v) is 21.3. The molecule has 0 fully saturated rings. The van der Waals surface area contributed by atoms with Gasteiger partial charge in [0.05, 0.1) is 24.5 Å². The molecule has 9 nitrogen and oxygen atoms in total. The maximum Gasteiger partial charge on any atom is 0.320 e. The molecule has 0 aliphatic heterocycles. The van der Waals surface area contributed by atoms with Crippen LogP contribution in [-0.4, -0.2) is 58.9 Å². The molecule has 2 rings (SSSR count). The number of ether oxygens (including phenoxy) is 1. The number of hydroxylamine groups is 1. The molecule has 0 aliphatic carbocycles. The van der Waals surface area contributed by atoms with E-state index < -0.39 is 23.4 Å². The van der Waals surface area contributed by atoms with E-state index >= 15 is 0 Å². The molecule has 3 N–H and O–H groups in total. The summed E-state index contributed by atoms with van der Waals surface area (Å²) in [5.74, 6) is -1.59. The van der Waals surface area contributed by atoms with Crippen molar-refractivity contribution in [3.05, 3.63) is 29.1 Å². The van der Waals surface area contributed by atoms with Crippen LogP contribution in [-0.2, 0) is 19.1 Å². The van der Waals surface area contributed by atoms with E-state index in [1.165, 1.54) is 16.2 Å². The number of fused-ring (bicyclic) bond motifs is 1. The maximum atomic E-state index is 12.7. The van der Waals surface area contributed by atoms with Gasteiger partial charge in [-0.3, -0.25) is 29.3 Å². The Bertz CT molecular complexity index is 1030. The zero-order chi connectivity index (χ0) is 25.7. The van der Waals surface area contributed by atoms with E-state index in [1.54, 1.807) is 50.5 Å². The molecule has 1 aromatic heterocycles. The fourth-order valence-electron chi connectivity index (χ4n) is 3.30. The van der Waals surface area contributed by atoms with Crippen LogP contribution in [0.15, 0.2) is 24.3 Å². The molecule has 2 aromatic rings. The molecule has 0 atom stereocenters. The molecule has 186 valence electrons. The average Bonchev–Trinajstić information content (AvgIpc) is 3.07. The van der Waals surface area contributed by atoms with Gasteiger partial charge in [0.2, 0.25) is 5.91 Å². The number of hydrogen-bond acceptors (Lipinski definition) is 8. The van der Waals surface area contributed by atoms with Crippen molar-refractivity contribution in [1.29, 1.82) is 0 Å². The molecule has 1 aromatic carbocycles. The van der Waals surface area contributed by atoms with Crippen LogP contribution in [0.2, 0.25) is 0 Å². The number of thiophene rings is 1. The predicted molar refractivity (Wildman–Crippen MR) is 131 cm³/mol. The lowest BCUT2D eigenvalue weighted by atomic mass is 9.90. The van der Waals surface area contributed by atoms with Crippen molar-refractivity contribution in [2.45, 2.75) is 53.6 Å². The van der Waals surface area contributed by atoms with E-state index in [0.29, 0.717) is 17.0 Å². The normalized spacial score (nSPS) is 12.0. The van der Waals surface area contributed by atoms with Gasteiger partial charge in [-0.05, 0) is 49.8 Å². The third-order valence-electron chi connectivity index (χ3n) is 4.40. The van der Waals surface area contributed by atoms with Gasteiger partial charge in [-0.2, -0.15) is 0 Å². The van der Waals surface area contributed by atoms with Crippen LogP contribution in [0.3, 0.4) is 0 Å². The number of amides is 2. The summed E-state index contributed by atoms with van der Waals surface area (Å²) in [7, 11) is 0. The van der Waals surface area contributed by atoms with E-state index in [2.05, 4.69) is 5.32 Å². The van der Waals surface area contributed by atoms with Gasteiger partial charge in [0, 0.05) is 16.8 Å². The van der Waals surface area contributed by atoms with E-state index in [4.69, 9.17) is 9.94 Å². The molecule has 10 heteroatoms. The fraction of sp³-hybridized carbons (Fsp3) is 0.500. The Labute approximate surface area is 203 Å². The highest BCUT2D eigenvalue weighted by Gasteiger charge is 2.24. The SMILES string of the molecule is CC(C)(C)CC(=O)CN(CC(=O)Nc1ccc2cc(C(=O)NO)sc2c1)CC(=O)OC(C)(C)C. The monoisotopic (exact) mass is 491 g/mol. The minimum absolute atomic E-state index is 0.0481. The minimum Gasteiger partial charge on any atom is -0.459 e. The molecule has 0 unspecified atom stereocenters. The predicted octanol–water partition coefficient (Wildman–Crippen LogP) is 3.61. The van der Waals surface area contributed by atoms with Gasteiger partial charge < -0.3 is 10.1 Å². The highest BCUT2D eigenvalue weighted by molar-refractivity contribution is 7.20. The number of hydrogen-bond donors (Lipinski definition) is 3. The first kappa shape index (κ1) is 27.4. The van der Waals surface area contributed by atoms with Gasteiger partial charge in [-0.1, -0.05) is 26.8 Å². The van der Waals surface area contributed by atoms with Crippen molar-refractivity contribution in [3.8, 4) is 0 Å². The molecule has 1 heterocycles. The molecule has 0 bridgehead atoms. The topological polar surface area (TPSA) is 125 Å². The first-order valence-electron chi connectivity index (χ1n) is 10.9. The van der Waals surface area contributed by atoms with Crippen molar-refractivity contribution < 1.29 is 29.1 Å². The molecule has 0 radical (unpaired) electrons. The largest absolute Gasteiger partial charge is 0.459 e. The average molecular weight is 492 g/mol. The van der Waals surface area contributed by atoms with Crippen molar-refractivity contribution in [2.75, 3.05) is 25.0 Å². The van der Waals surface area contributed by atoms with Gasteiger partial charge in [-0.25, -0.2) is 5.48 Å². The van der Waals surface area contributed by atoms with Crippen molar-refractivity contribution >= 4 is 50.7 Å². The Morgan fingerprint density at radius 3 is 2.26 bits per heavy atom. The summed E-state index contributed by atoms with van der Waals surface area (Å²) in [5, 5.41) is 12.4. The summed E-state index contributed by atoms with van der Waals surface area (Å²) in [6.45, 7) is 10.7. The number of anilines is 1. The smallest absolute Gasteiger partial charge is 0.320 e. The number of Topliss-reactive ketones (excluding diaryl/α,β-unsaturated/α-hetero) is 1. The second-order valence-corrected chi connectivity index (χ2v) is 11.4. The van der Waals surface area contributed by atoms with Crippen LogP contribution in [0.1, 0.15) is 57.6 Å². The van der Waals surface area contributed by atoms with Crippen molar-refractivity contribution in [3.63, 3.8) is 0 Å². The number of nitrogens with zero attached hydrogens (tertiary/aromatic N) is 1. The Balaban J connectivity index is 2.10. The summed E-state index contributed by atoms with van der Waals surface area (Å²) in [6, 6.07) is 6.80. The fourth-order valence-corrected chi connectivity index (χ4v) is 4.29. The number of carbonyl (C=O) groups is 4. The molecular formula is C24H33N3O6S. The van der Waals surface area contributed by atoms with E-state index in [-0.39, 0.29) is 30.8 Å². The molecule has 0 saturated carbocycles. The zero-order valence-electron chi connectivity index (χ0n) is 20.5. The van der Waals surface area contributed by atoms with Crippen LogP contribution in [0.5, 0.6) is 0 Å². The molecule has 0 spiro atoms. The van der Waals surface area contributed by atoms with Gasteiger partial charge in [0.15, 0.2) is 0 Å². The molecule has 0 saturated heterocycles. The summed E-state index contributed by atoms with van der Waals surface area (Å²) in [5.41, 5.74) is 1.22. The highest BCUT2D eigenvalue weighted by Crippen LogP contribution is 2.28. The lowest BCUT2D eigenvalue weighted by Gasteiger charge is -2.25. The first-order valence-corrected chi connectivity index (χ1v) is 11.7. The Hall–Kier alpha value is -2.82. The quantitative estimate of drug-likeness (QED) is 0.278. The van der Waals surface area contributed by atoms with Crippen molar-refractivity contribution in [2.24, 2.45) is 5.41 Å². The van der Waals surface area contributed by atoms with Gasteiger partial charge in [0.25, 0.3) is 5.91 Å². The Morgan fingerprint density at radius 2 is 1.68 bits per heavy atom. The van der Waals surface area contributed by atoms with E-state index in [1.807, 2.05) is 20.8 Å². The Kier molecular flexibility index (Phi) is 8.93. The number of ketones is 1. The lowest BCUT2D eigenvalue weighted by molar-refractivity contribution is -0.156. The van der Waals surface area contributed by atoms with Crippen LogP contribution in [0.4, 0.5) is 5.69 Å². The third kappa shape index (κ3) is 9.20. The van der Waals surface area contributed by atoms with Crippen LogP contribution in [0.25, 0.3) is 10.1 Å². The van der Waals surface area contributed by atoms with Gasteiger partial charge in [0.1, 0.15) is 11.4 Å². The summed E-state index contributed by atoms with van der Waals surface area (Å²) < 4.78 is 6.11. The number of carbonyl (C=O) groups excluding carboxylic acids is 4. The van der Waals surface area contributed by atoms with Crippen molar-refractivity contribution in [1.82, 2.24) is 10.4 Å².